The highest BCUT2D eigenvalue weighted by molar-refractivity contribution is 6.07. The van der Waals surface area contributed by atoms with Crippen molar-refractivity contribution in [1.82, 2.24) is 10.2 Å². The molecule has 0 aromatic heterocycles. The summed E-state index contributed by atoms with van der Waals surface area (Å²) in [6.45, 7) is -0.235. The SMILES string of the molecule is O=C(CN1C(=O)[C@H]2CC=CC[C@H]2C1=O)NC(c1ccccc1)c1ccccc1. The second-order valence-electron chi connectivity index (χ2n) is 7.24. The fraction of sp³-hybridized carbons (Fsp3) is 0.261. The molecule has 4 rings (SSSR count). The number of allylic oxidation sites excluding steroid dienone is 2. The van der Waals surface area contributed by atoms with E-state index in [1.165, 1.54) is 0 Å². The lowest BCUT2D eigenvalue weighted by molar-refractivity contribution is -0.143. The van der Waals surface area contributed by atoms with Crippen LogP contribution in [-0.4, -0.2) is 29.2 Å². The number of hydrogen-bond donors (Lipinski definition) is 1. The molecule has 5 nitrogen and oxygen atoms in total. The second kappa shape index (κ2) is 7.80. The van der Waals surface area contributed by atoms with Gasteiger partial charge < -0.3 is 5.32 Å². The number of carbonyl (C=O) groups excluding carboxylic acids is 3. The number of carbonyl (C=O) groups is 3. The largest absolute Gasteiger partial charge is 0.344 e. The molecule has 2 aromatic rings. The Hall–Kier alpha value is -3.21. The highest BCUT2D eigenvalue weighted by Gasteiger charge is 2.47. The molecule has 1 saturated heterocycles. The Balaban J connectivity index is 1.51. The van der Waals surface area contributed by atoms with E-state index in [4.69, 9.17) is 0 Å². The topological polar surface area (TPSA) is 66.5 Å². The highest BCUT2D eigenvalue weighted by atomic mass is 16.2. The van der Waals surface area contributed by atoms with E-state index in [-0.39, 0.29) is 42.1 Å². The first-order chi connectivity index (χ1) is 13.6. The van der Waals surface area contributed by atoms with Gasteiger partial charge in [0.05, 0.1) is 17.9 Å². The van der Waals surface area contributed by atoms with Gasteiger partial charge in [0.1, 0.15) is 6.54 Å². The molecule has 0 radical (unpaired) electrons. The fourth-order valence-electron chi connectivity index (χ4n) is 4.03. The standard InChI is InChI=1S/C23H22N2O3/c26-20(15-25-22(27)18-13-7-8-14-19(18)23(25)28)24-21(16-9-3-1-4-10-16)17-11-5-2-6-12-17/h1-12,18-19,21H,13-15H2,(H,24,26)/t18-,19+. The minimum absolute atomic E-state index is 0.231. The minimum atomic E-state index is -0.342. The van der Waals surface area contributed by atoms with Crippen molar-refractivity contribution in [2.45, 2.75) is 18.9 Å². The van der Waals surface area contributed by atoms with E-state index in [1.54, 1.807) is 0 Å². The van der Waals surface area contributed by atoms with Crippen LogP contribution in [-0.2, 0) is 14.4 Å². The Morgan fingerprint density at radius 3 is 1.79 bits per heavy atom. The minimum Gasteiger partial charge on any atom is -0.344 e. The zero-order valence-electron chi connectivity index (χ0n) is 15.5. The molecule has 0 saturated carbocycles. The maximum Gasteiger partial charge on any atom is 0.240 e. The van der Waals surface area contributed by atoms with Crippen LogP contribution in [0.2, 0.25) is 0 Å². The Labute approximate surface area is 164 Å². The van der Waals surface area contributed by atoms with Crippen LogP contribution in [0.15, 0.2) is 72.8 Å². The van der Waals surface area contributed by atoms with Crippen LogP contribution in [0.4, 0.5) is 0 Å². The van der Waals surface area contributed by atoms with Crippen molar-refractivity contribution in [2.75, 3.05) is 6.54 Å². The summed E-state index contributed by atoms with van der Waals surface area (Å²) in [5.41, 5.74) is 1.89. The molecule has 28 heavy (non-hydrogen) atoms. The first-order valence-electron chi connectivity index (χ1n) is 9.54. The number of nitrogens with zero attached hydrogens (tertiary/aromatic N) is 1. The monoisotopic (exact) mass is 374 g/mol. The molecule has 1 aliphatic heterocycles. The predicted octanol–water partition coefficient (Wildman–Crippen LogP) is 2.84. The fourth-order valence-corrected chi connectivity index (χ4v) is 4.03. The van der Waals surface area contributed by atoms with E-state index in [1.807, 2.05) is 72.8 Å². The summed E-state index contributed by atoms with van der Waals surface area (Å²) in [6, 6.07) is 19.0. The van der Waals surface area contributed by atoms with Crippen LogP contribution in [0, 0.1) is 11.8 Å². The Morgan fingerprint density at radius 2 is 1.32 bits per heavy atom. The molecule has 0 spiro atoms. The van der Waals surface area contributed by atoms with Crippen LogP contribution in [0.25, 0.3) is 0 Å². The number of benzene rings is 2. The molecule has 142 valence electrons. The first-order valence-corrected chi connectivity index (χ1v) is 9.54. The van der Waals surface area contributed by atoms with E-state index in [0.717, 1.165) is 16.0 Å². The van der Waals surface area contributed by atoms with Gasteiger partial charge in [-0.05, 0) is 24.0 Å². The lowest BCUT2D eigenvalue weighted by Gasteiger charge is -2.22. The quantitative estimate of drug-likeness (QED) is 0.646. The van der Waals surface area contributed by atoms with Crippen molar-refractivity contribution in [3.63, 3.8) is 0 Å². The Kier molecular flexibility index (Phi) is 5.06. The van der Waals surface area contributed by atoms with Crippen molar-refractivity contribution >= 4 is 17.7 Å². The normalized spacial score (nSPS) is 21.1. The van der Waals surface area contributed by atoms with Gasteiger partial charge in [0, 0.05) is 0 Å². The van der Waals surface area contributed by atoms with E-state index in [0.29, 0.717) is 12.8 Å². The molecule has 1 aliphatic carbocycles. The van der Waals surface area contributed by atoms with E-state index < -0.39 is 0 Å². The van der Waals surface area contributed by atoms with Gasteiger partial charge in [0.2, 0.25) is 17.7 Å². The summed E-state index contributed by atoms with van der Waals surface area (Å²) in [7, 11) is 0. The number of likely N-dealkylation sites (tertiary alicyclic amines) is 1. The molecule has 2 atom stereocenters. The molecule has 2 aromatic carbocycles. The zero-order valence-corrected chi connectivity index (χ0v) is 15.5. The van der Waals surface area contributed by atoms with Gasteiger partial charge in [-0.15, -0.1) is 0 Å². The number of rotatable bonds is 5. The molecule has 1 heterocycles. The molecule has 3 amide bonds. The molecule has 2 aliphatic rings. The molecule has 5 heteroatoms. The summed E-state index contributed by atoms with van der Waals surface area (Å²) in [4.78, 5) is 39.1. The van der Waals surface area contributed by atoms with Gasteiger partial charge in [-0.1, -0.05) is 72.8 Å². The summed E-state index contributed by atoms with van der Waals surface area (Å²) in [6.07, 6.45) is 5.03. The summed E-state index contributed by atoms with van der Waals surface area (Å²) < 4.78 is 0. The molecule has 0 bridgehead atoms. The smallest absolute Gasteiger partial charge is 0.240 e. The molecular formula is C23H22N2O3. The average Bonchev–Trinajstić information content (AvgIpc) is 2.98. The predicted molar refractivity (Wildman–Crippen MR) is 105 cm³/mol. The molecule has 0 unspecified atom stereocenters. The number of fused-ring (bicyclic) bond motifs is 1. The number of imide groups is 1. The van der Waals surface area contributed by atoms with Crippen LogP contribution in [0.3, 0.4) is 0 Å². The zero-order chi connectivity index (χ0) is 19.5. The number of amides is 3. The van der Waals surface area contributed by atoms with Gasteiger partial charge >= 0.3 is 0 Å². The van der Waals surface area contributed by atoms with Crippen molar-refractivity contribution in [3.8, 4) is 0 Å². The highest BCUT2D eigenvalue weighted by Crippen LogP contribution is 2.34. The number of nitrogens with one attached hydrogen (secondary N) is 1. The van der Waals surface area contributed by atoms with Crippen molar-refractivity contribution < 1.29 is 14.4 Å². The Morgan fingerprint density at radius 1 is 0.857 bits per heavy atom. The summed E-state index contributed by atoms with van der Waals surface area (Å²) in [5.74, 6) is -1.43. The molecule has 1 fully saturated rings. The Bertz CT molecular complexity index is 842. The van der Waals surface area contributed by atoms with E-state index in [9.17, 15) is 14.4 Å². The van der Waals surface area contributed by atoms with Crippen LogP contribution in [0.1, 0.15) is 30.0 Å². The van der Waals surface area contributed by atoms with Crippen molar-refractivity contribution in [3.05, 3.63) is 83.9 Å². The van der Waals surface area contributed by atoms with Crippen molar-refractivity contribution in [2.24, 2.45) is 11.8 Å². The lowest BCUT2D eigenvalue weighted by atomic mass is 9.85. The van der Waals surface area contributed by atoms with Crippen molar-refractivity contribution in [1.29, 1.82) is 0 Å². The average molecular weight is 374 g/mol. The van der Waals surface area contributed by atoms with Crippen LogP contribution in [0.5, 0.6) is 0 Å². The van der Waals surface area contributed by atoms with Gasteiger partial charge in [0.25, 0.3) is 0 Å². The van der Waals surface area contributed by atoms with Gasteiger partial charge in [-0.25, -0.2) is 0 Å². The van der Waals surface area contributed by atoms with Gasteiger partial charge in [-0.2, -0.15) is 0 Å². The van der Waals surface area contributed by atoms with Gasteiger partial charge in [-0.3, -0.25) is 19.3 Å². The van der Waals surface area contributed by atoms with Crippen LogP contribution < -0.4 is 5.32 Å². The number of hydrogen-bond acceptors (Lipinski definition) is 3. The second-order valence-corrected chi connectivity index (χ2v) is 7.24. The van der Waals surface area contributed by atoms with E-state index in [2.05, 4.69) is 5.32 Å². The third-order valence-corrected chi connectivity index (χ3v) is 5.47. The first kappa shape index (κ1) is 18.2. The third-order valence-electron chi connectivity index (χ3n) is 5.47. The maximum absolute atomic E-state index is 12.8. The van der Waals surface area contributed by atoms with E-state index >= 15 is 0 Å². The summed E-state index contributed by atoms with van der Waals surface area (Å²) >= 11 is 0. The van der Waals surface area contributed by atoms with Crippen LogP contribution >= 0.6 is 0 Å². The third kappa shape index (κ3) is 3.48. The van der Waals surface area contributed by atoms with Gasteiger partial charge in [0.15, 0.2) is 0 Å². The molecular weight excluding hydrogens is 352 g/mol. The molecule has 1 N–H and O–H groups in total. The summed E-state index contributed by atoms with van der Waals surface area (Å²) in [5, 5.41) is 3.00. The maximum atomic E-state index is 12.8. The lowest BCUT2D eigenvalue weighted by Crippen LogP contribution is -2.42.